The van der Waals surface area contributed by atoms with Crippen LogP contribution >= 0.6 is 0 Å². The van der Waals surface area contributed by atoms with Gasteiger partial charge in [-0.05, 0) is 18.6 Å². The molecule has 0 bridgehead atoms. The van der Waals surface area contributed by atoms with Crippen molar-refractivity contribution < 1.29 is 13.5 Å². The Morgan fingerprint density at radius 1 is 1.53 bits per heavy atom. The molecule has 0 aliphatic heterocycles. The zero-order valence-corrected chi connectivity index (χ0v) is 8.28. The van der Waals surface area contributed by atoms with Crippen LogP contribution in [0.4, 0.5) is 8.78 Å². The summed E-state index contributed by atoms with van der Waals surface area (Å²) < 4.78 is 30.1. The molecule has 0 saturated heterocycles. The molecule has 1 rings (SSSR count). The smallest absolute Gasteiger partial charge is 0.259 e. The second-order valence-corrected chi connectivity index (χ2v) is 2.87. The number of hydrogen-bond donors (Lipinski definition) is 2. The SMILES string of the molecule is CCOc1cncc(C(NN)C(F)F)c1. The van der Waals surface area contributed by atoms with Crippen LogP contribution in [0.2, 0.25) is 0 Å². The molecule has 0 fully saturated rings. The number of halogens is 2. The number of pyridine rings is 1. The average molecular weight is 217 g/mol. The van der Waals surface area contributed by atoms with Gasteiger partial charge in [0, 0.05) is 6.20 Å². The number of rotatable bonds is 5. The minimum absolute atomic E-state index is 0.304. The lowest BCUT2D eigenvalue weighted by Gasteiger charge is -2.15. The van der Waals surface area contributed by atoms with Gasteiger partial charge in [-0.15, -0.1) is 0 Å². The Kier molecular flexibility index (Phi) is 4.38. The molecule has 6 heteroatoms. The third-order valence-corrected chi connectivity index (χ3v) is 1.84. The lowest BCUT2D eigenvalue weighted by atomic mass is 10.1. The van der Waals surface area contributed by atoms with E-state index in [-0.39, 0.29) is 0 Å². The summed E-state index contributed by atoms with van der Waals surface area (Å²) in [5, 5.41) is 0. The molecule has 0 radical (unpaired) electrons. The summed E-state index contributed by atoms with van der Waals surface area (Å²) >= 11 is 0. The van der Waals surface area contributed by atoms with Crippen LogP contribution in [0.15, 0.2) is 18.5 Å². The Labute approximate surface area is 86.4 Å². The first-order chi connectivity index (χ1) is 7.19. The molecule has 1 aromatic heterocycles. The van der Waals surface area contributed by atoms with Gasteiger partial charge in [-0.1, -0.05) is 0 Å². The van der Waals surface area contributed by atoms with Crippen LogP contribution in [0.1, 0.15) is 18.5 Å². The number of nitrogens with two attached hydrogens (primary N) is 1. The van der Waals surface area contributed by atoms with Crippen LogP contribution in [0, 0.1) is 0 Å². The number of alkyl halides is 2. The predicted octanol–water partition coefficient (Wildman–Crippen LogP) is 1.25. The maximum Gasteiger partial charge on any atom is 0.259 e. The quantitative estimate of drug-likeness (QED) is 0.575. The van der Waals surface area contributed by atoms with E-state index in [1.807, 2.05) is 5.43 Å². The molecule has 0 aromatic carbocycles. The molecule has 0 saturated carbocycles. The molecule has 84 valence electrons. The predicted molar refractivity (Wildman–Crippen MR) is 51.5 cm³/mol. The molecular formula is C9H13F2N3O. The van der Waals surface area contributed by atoms with Crippen molar-refractivity contribution in [2.45, 2.75) is 19.4 Å². The molecule has 0 aliphatic rings. The molecule has 0 aliphatic carbocycles. The third kappa shape index (κ3) is 3.10. The van der Waals surface area contributed by atoms with Gasteiger partial charge in [0.05, 0.1) is 12.8 Å². The number of nitrogens with one attached hydrogen (secondary N) is 1. The standard InChI is InChI=1S/C9H13F2N3O/c1-2-15-7-3-6(4-13-5-7)8(14-12)9(10)11/h3-5,8-9,14H,2,12H2,1H3. The first kappa shape index (κ1) is 11.8. The van der Waals surface area contributed by atoms with Crippen LogP contribution in [-0.4, -0.2) is 18.0 Å². The van der Waals surface area contributed by atoms with Gasteiger partial charge in [-0.2, -0.15) is 0 Å². The largest absolute Gasteiger partial charge is 0.492 e. The third-order valence-electron chi connectivity index (χ3n) is 1.84. The van der Waals surface area contributed by atoms with Crippen LogP contribution in [-0.2, 0) is 0 Å². The lowest BCUT2D eigenvalue weighted by molar-refractivity contribution is 0.0983. The molecule has 3 N–H and O–H groups in total. The highest BCUT2D eigenvalue weighted by Crippen LogP contribution is 2.22. The van der Waals surface area contributed by atoms with Gasteiger partial charge in [-0.25, -0.2) is 14.2 Å². The summed E-state index contributed by atoms with van der Waals surface area (Å²) in [7, 11) is 0. The highest BCUT2D eigenvalue weighted by Gasteiger charge is 2.21. The molecule has 1 unspecified atom stereocenters. The van der Waals surface area contributed by atoms with Crippen molar-refractivity contribution in [1.29, 1.82) is 0 Å². The molecule has 15 heavy (non-hydrogen) atoms. The van der Waals surface area contributed by atoms with Crippen molar-refractivity contribution in [1.82, 2.24) is 10.4 Å². The van der Waals surface area contributed by atoms with Crippen molar-refractivity contribution in [3.63, 3.8) is 0 Å². The summed E-state index contributed by atoms with van der Waals surface area (Å²) in [6, 6.07) is 0.269. The number of hydrogen-bond acceptors (Lipinski definition) is 4. The summed E-state index contributed by atoms with van der Waals surface area (Å²) in [4.78, 5) is 3.80. The van der Waals surface area contributed by atoms with Crippen LogP contribution in [0.3, 0.4) is 0 Å². The Morgan fingerprint density at radius 2 is 2.27 bits per heavy atom. The van der Waals surface area contributed by atoms with Crippen molar-refractivity contribution in [2.24, 2.45) is 5.84 Å². The van der Waals surface area contributed by atoms with E-state index in [4.69, 9.17) is 10.6 Å². The molecule has 0 spiro atoms. The molecular weight excluding hydrogens is 204 g/mol. The lowest BCUT2D eigenvalue weighted by Crippen LogP contribution is -2.32. The van der Waals surface area contributed by atoms with Gasteiger partial charge in [-0.3, -0.25) is 10.8 Å². The van der Waals surface area contributed by atoms with E-state index in [0.717, 1.165) is 0 Å². The van der Waals surface area contributed by atoms with E-state index >= 15 is 0 Å². The van der Waals surface area contributed by atoms with Gasteiger partial charge >= 0.3 is 0 Å². The summed E-state index contributed by atoms with van der Waals surface area (Å²) in [5.74, 6) is 5.49. The van der Waals surface area contributed by atoms with Gasteiger partial charge in [0.25, 0.3) is 6.43 Å². The van der Waals surface area contributed by atoms with Crippen LogP contribution < -0.4 is 16.0 Å². The Morgan fingerprint density at radius 3 is 2.80 bits per heavy atom. The van der Waals surface area contributed by atoms with E-state index in [2.05, 4.69) is 4.98 Å². The molecule has 1 heterocycles. The average Bonchev–Trinajstić information content (AvgIpc) is 2.19. The topological polar surface area (TPSA) is 60.2 Å². The Bertz CT molecular complexity index is 309. The Hall–Kier alpha value is -1.27. The number of hydrazine groups is 1. The molecule has 1 atom stereocenters. The van der Waals surface area contributed by atoms with E-state index in [0.29, 0.717) is 17.9 Å². The zero-order chi connectivity index (χ0) is 11.3. The van der Waals surface area contributed by atoms with E-state index in [9.17, 15) is 8.78 Å². The van der Waals surface area contributed by atoms with E-state index < -0.39 is 12.5 Å². The normalized spacial score (nSPS) is 12.9. The van der Waals surface area contributed by atoms with Crippen molar-refractivity contribution in [3.8, 4) is 5.75 Å². The maximum atomic E-state index is 12.5. The number of nitrogens with zero attached hydrogens (tertiary/aromatic N) is 1. The second-order valence-electron chi connectivity index (χ2n) is 2.87. The van der Waals surface area contributed by atoms with Gasteiger partial charge in [0.1, 0.15) is 11.8 Å². The van der Waals surface area contributed by atoms with Crippen molar-refractivity contribution in [2.75, 3.05) is 6.61 Å². The first-order valence-electron chi connectivity index (χ1n) is 4.51. The van der Waals surface area contributed by atoms with Gasteiger partial charge < -0.3 is 4.74 Å². The number of aromatic nitrogens is 1. The molecule has 4 nitrogen and oxygen atoms in total. The highest BCUT2D eigenvalue weighted by atomic mass is 19.3. The summed E-state index contributed by atoms with van der Waals surface area (Å²) in [6.07, 6.45) is 0.208. The fourth-order valence-electron chi connectivity index (χ4n) is 1.17. The highest BCUT2D eigenvalue weighted by molar-refractivity contribution is 5.26. The first-order valence-corrected chi connectivity index (χ1v) is 4.51. The van der Waals surface area contributed by atoms with E-state index in [1.165, 1.54) is 18.5 Å². The van der Waals surface area contributed by atoms with E-state index in [1.54, 1.807) is 6.92 Å². The van der Waals surface area contributed by atoms with Gasteiger partial charge in [0.15, 0.2) is 0 Å². The summed E-state index contributed by atoms with van der Waals surface area (Å²) in [5.41, 5.74) is 2.35. The number of ether oxygens (including phenoxy) is 1. The second kappa shape index (κ2) is 5.57. The monoisotopic (exact) mass is 217 g/mol. The maximum absolute atomic E-state index is 12.5. The van der Waals surface area contributed by atoms with Crippen molar-refractivity contribution >= 4 is 0 Å². The minimum atomic E-state index is -2.59. The zero-order valence-electron chi connectivity index (χ0n) is 8.28. The van der Waals surface area contributed by atoms with Crippen molar-refractivity contribution in [3.05, 3.63) is 24.0 Å². The van der Waals surface area contributed by atoms with Crippen LogP contribution in [0.5, 0.6) is 5.75 Å². The minimum Gasteiger partial charge on any atom is -0.492 e. The Balaban J connectivity index is 2.87. The molecule has 1 aromatic rings. The fourth-order valence-corrected chi connectivity index (χ4v) is 1.17. The summed E-state index contributed by atoms with van der Waals surface area (Å²) in [6.45, 7) is 2.26. The fraction of sp³-hybridized carbons (Fsp3) is 0.444. The molecule has 0 amide bonds. The van der Waals surface area contributed by atoms with Crippen LogP contribution in [0.25, 0.3) is 0 Å². The van der Waals surface area contributed by atoms with Gasteiger partial charge in [0.2, 0.25) is 0 Å².